The van der Waals surface area contributed by atoms with E-state index in [4.69, 9.17) is 47.4 Å². The third-order valence-corrected chi connectivity index (χ3v) is 29.5. The first-order valence-electron chi connectivity index (χ1n) is 48.1. The van der Waals surface area contributed by atoms with E-state index in [1.807, 2.05) is 291 Å². The van der Waals surface area contributed by atoms with Crippen molar-refractivity contribution in [3.05, 3.63) is 480 Å². The third-order valence-electron chi connectivity index (χ3n) is 26.0. The van der Waals surface area contributed by atoms with Crippen LogP contribution in [0.1, 0.15) is 104 Å². The zero-order chi connectivity index (χ0) is 103. The molecule has 0 aromatic heterocycles. The number of benzene rings is 20. The Hall–Kier alpha value is -17.5. The lowest BCUT2D eigenvalue weighted by atomic mass is 10.1. The normalized spacial score (nSPS) is 16.7. The number of aliphatic hydroxyl groups excluding tert-OH is 1. The molecule has 22 nitrogen and oxygen atoms in total. The minimum atomic E-state index is -1.52. The Morgan fingerprint density at radius 2 is 0.447 bits per heavy atom. The fraction of sp³-hybridized carbons (Fsp3) is 0.112. The molecule has 0 bridgehead atoms. The lowest BCUT2D eigenvalue weighted by molar-refractivity contribution is -0.122. The van der Waals surface area contributed by atoms with Crippen LogP contribution in [0.4, 0.5) is 0 Å². The molecule has 2 fully saturated rings. The highest BCUT2D eigenvalue weighted by atomic mass is 79.9. The second-order valence-corrected chi connectivity index (χ2v) is 39.7. The van der Waals surface area contributed by atoms with Gasteiger partial charge < -0.3 is 52.5 Å². The minimum absolute atomic E-state index is 0.187. The number of halogens is 1. The number of aldehydes is 1. The van der Waals surface area contributed by atoms with E-state index in [2.05, 4.69) is 15.9 Å². The Kier molecular flexibility index (Phi) is 30.4. The van der Waals surface area contributed by atoms with Gasteiger partial charge in [0.1, 0.15) is 25.3 Å². The standard InChI is InChI=1S/C49H34O8S.C38H27BrO7.C38H28O7S/c50-45(38-21-17-30-9-1-5-13-34(30)25-38)54-29-42-43(55-46(51)39-22-18-31-10-2-6-14-35(31)26-39)44(56-47(52)40-23-19-32-11-3-7-15-36(32)27-40)49(58-42)57-48(53)41-24-20-33-12-4-8-16-37(33)28-41;39-33(23-44-36(41)30-16-13-24-7-1-4-10-27(24)19-30)35(46-38(43)32-18-15-26-9-3-6-12-29(26)21-32)34(22-40)45-37(42)31-17-14-25-8-2-5-11-28(25)20-31;39-35(29-16-13-23-7-1-4-10-26(23)19-29)43-22-32-33(44-36(40)30-17-14-24-8-2-5-11-27(24)20-30)34(38(42)46-32)45-37(41)31-18-15-25-9-3-6-12-28(25)21-31/h1-28,42-44,49H,29H2;1-22,33-35H,23H2;1-21,32-34,38,42H,22H2/t42-,43-,44+,49?;33-,34+,35+;32-,33-,34+,38?/m010/s1. The molecule has 0 spiro atoms. The van der Waals surface area contributed by atoms with Gasteiger partial charge in [-0.1, -0.05) is 319 Å². The zero-order valence-electron chi connectivity index (χ0n) is 79.7. The number of rotatable bonds is 26. The van der Waals surface area contributed by atoms with Gasteiger partial charge in [-0.2, -0.15) is 0 Å². The predicted molar refractivity (Wildman–Crippen MR) is 582 cm³/mol. The summed E-state index contributed by atoms with van der Waals surface area (Å²) < 4.78 is 58.9. The van der Waals surface area contributed by atoms with Gasteiger partial charge in [-0.15, -0.1) is 23.5 Å². The SMILES string of the molecule is O=C(OC[C@@H]1SC(O)[C@H](OC(=O)c2ccc3ccccc3c2)[C@H]1OC(=O)c1ccc2ccccc2c1)c1ccc2ccccc2c1.O=C(OC[C@@H]1SC(OC(=O)c2ccc3ccccc3c2)[C@H](OC(=O)c2ccc3ccccc3c2)[C@H]1OC(=O)c1ccc2ccccc2c1)c1ccc2ccccc2c1.O=C[C@H](OC(=O)c1ccc2ccccc2c1)[C@@H](OC(=O)c1ccc2ccccc2c1)[C@H](Br)COC(=O)c1ccc2ccccc2c1. The Balaban J connectivity index is 0.000000137. The van der Waals surface area contributed by atoms with Gasteiger partial charge in [-0.05, 0) is 229 Å². The summed E-state index contributed by atoms with van der Waals surface area (Å²) >= 11 is 5.56. The van der Waals surface area contributed by atoms with Gasteiger partial charge in [0.05, 0.1) is 71.0 Å². The number of hydrogen-bond acceptors (Lipinski definition) is 24. The summed E-state index contributed by atoms with van der Waals surface area (Å²) in [6.07, 6.45) is -7.27. The Bertz CT molecular complexity index is 8650. The van der Waals surface area contributed by atoms with Crippen LogP contribution in [0.2, 0.25) is 0 Å². The molecule has 20 aromatic rings. The second kappa shape index (κ2) is 45.7. The topological polar surface area (TPSA) is 300 Å². The Labute approximate surface area is 875 Å². The minimum Gasteiger partial charge on any atom is -0.461 e. The molecule has 740 valence electrons. The highest BCUT2D eigenvalue weighted by Crippen LogP contribution is 2.43. The van der Waals surface area contributed by atoms with Crippen molar-refractivity contribution < 1.29 is 105 Å². The molecule has 2 aliphatic rings. The maximum atomic E-state index is 14.0. The molecule has 20 aromatic carbocycles. The first kappa shape index (κ1) is 99.8. The molecular weight excluding hydrogens is 2000 g/mol. The van der Waals surface area contributed by atoms with Gasteiger partial charge in [-0.3, -0.25) is 4.79 Å². The summed E-state index contributed by atoms with van der Waals surface area (Å²) in [5.74, 6) is -6.64. The fourth-order valence-corrected chi connectivity index (χ4v) is 21.3. The lowest BCUT2D eigenvalue weighted by Crippen LogP contribution is -2.44. The first-order chi connectivity index (χ1) is 73.2. The quantitative estimate of drug-likeness (QED) is 0.0228. The second-order valence-electron chi connectivity index (χ2n) is 35.8. The van der Waals surface area contributed by atoms with Crippen LogP contribution in [-0.2, 0) is 52.2 Å². The summed E-state index contributed by atoms with van der Waals surface area (Å²) in [4.78, 5) is 146. The average Bonchev–Trinajstić information content (AvgIpc) is 1.63. The van der Waals surface area contributed by atoms with Crippen molar-refractivity contribution in [1.29, 1.82) is 0 Å². The zero-order valence-corrected chi connectivity index (χ0v) is 82.9. The van der Waals surface area contributed by atoms with Crippen LogP contribution in [0.25, 0.3) is 108 Å². The van der Waals surface area contributed by atoms with Gasteiger partial charge in [0.2, 0.25) is 0 Å². The van der Waals surface area contributed by atoms with Crippen LogP contribution in [-0.4, -0.2) is 154 Å². The molecule has 2 saturated heterocycles. The number of carbonyl (C=O) groups is 11. The Morgan fingerprint density at radius 3 is 0.713 bits per heavy atom. The number of alkyl halides is 1. The summed E-state index contributed by atoms with van der Waals surface area (Å²) in [6.45, 7) is -0.730. The number of carbonyl (C=O) groups excluding carboxylic acids is 11. The predicted octanol–water partition coefficient (Wildman–Crippen LogP) is 25.1. The number of aliphatic hydroxyl groups is 1. The van der Waals surface area contributed by atoms with E-state index in [9.17, 15) is 57.8 Å². The van der Waals surface area contributed by atoms with Crippen molar-refractivity contribution in [3.63, 3.8) is 0 Å². The van der Waals surface area contributed by atoms with E-state index in [-0.39, 0.29) is 47.6 Å². The highest BCUT2D eigenvalue weighted by Gasteiger charge is 2.53. The molecule has 22 rings (SSSR count). The van der Waals surface area contributed by atoms with Gasteiger partial charge in [0.25, 0.3) is 0 Å². The maximum absolute atomic E-state index is 14.0. The van der Waals surface area contributed by atoms with Gasteiger partial charge in [0, 0.05) is 0 Å². The van der Waals surface area contributed by atoms with Crippen molar-refractivity contribution >= 4 is 213 Å². The molecule has 0 saturated carbocycles. The summed E-state index contributed by atoms with van der Waals surface area (Å²) in [5, 5.41) is 27.6. The largest absolute Gasteiger partial charge is 0.461 e. The summed E-state index contributed by atoms with van der Waals surface area (Å²) in [7, 11) is 0. The van der Waals surface area contributed by atoms with Crippen molar-refractivity contribution in [2.24, 2.45) is 0 Å². The van der Waals surface area contributed by atoms with E-state index in [1.165, 1.54) is 0 Å². The van der Waals surface area contributed by atoms with E-state index in [0.717, 1.165) is 131 Å². The molecular formula is C125H89BrO22S2. The number of hydrogen-bond donors (Lipinski definition) is 1. The van der Waals surface area contributed by atoms with Crippen LogP contribution in [0, 0.1) is 0 Å². The number of esters is 10. The number of fused-ring (bicyclic) bond motifs is 10. The van der Waals surface area contributed by atoms with Crippen LogP contribution < -0.4 is 0 Å². The number of thioether (sulfide) groups is 2. The molecule has 2 heterocycles. The third kappa shape index (κ3) is 23.1. The van der Waals surface area contributed by atoms with Crippen LogP contribution in [0.15, 0.2) is 425 Å². The molecule has 11 atom stereocenters. The van der Waals surface area contributed by atoms with Gasteiger partial charge in [-0.25, -0.2) is 47.9 Å². The van der Waals surface area contributed by atoms with Crippen LogP contribution >= 0.6 is 39.5 Å². The van der Waals surface area contributed by atoms with Crippen molar-refractivity contribution in [2.75, 3.05) is 19.8 Å². The molecule has 0 amide bonds. The van der Waals surface area contributed by atoms with Crippen molar-refractivity contribution in [1.82, 2.24) is 0 Å². The van der Waals surface area contributed by atoms with Gasteiger partial charge in [0.15, 0.2) is 48.3 Å². The first-order valence-corrected chi connectivity index (χ1v) is 50.9. The van der Waals surface area contributed by atoms with E-state index in [1.54, 1.807) is 133 Å². The molecule has 25 heteroatoms. The maximum Gasteiger partial charge on any atom is 0.339 e. The van der Waals surface area contributed by atoms with Crippen LogP contribution in [0.3, 0.4) is 0 Å². The highest BCUT2D eigenvalue weighted by molar-refractivity contribution is 9.09. The molecule has 2 aliphatic heterocycles. The number of ether oxygens (including phenoxy) is 10. The summed E-state index contributed by atoms with van der Waals surface area (Å²) in [5.41, 5.74) is 0.523. The monoisotopic (exact) mass is 2080 g/mol. The lowest BCUT2D eigenvalue weighted by Gasteiger charge is -2.27. The fourth-order valence-electron chi connectivity index (χ4n) is 18.1. The smallest absolute Gasteiger partial charge is 0.339 e. The van der Waals surface area contributed by atoms with Crippen molar-refractivity contribution in [3.8, 4) is 0 Å². The molecule has 1 N–H and O–H groups in total. The van der Waals surface area contributed by atoms with E-state index in [0.29, 0.717) is 34.1 Å². The van der Waals surface area contributed by atoms with E-state index >= 15 is 0 Å². The van der Waals surface area contributed by atoms with Gasteiger partial charge >= 0.3 is 59.7 Å². The summed E-state index contributed by atoms with van der Waals surface area (Å²) in [6, 6.07) is 128. The van der Waals surface area contributed by atoms with E-state index < -0.39 is 123 Å². The molecule has 0 aliphatic carbocycles. The molecule has 2 unspecified atom stereocenters. The van der Waals surface area contributed by atoms with Crippen LogP contribution in [0.5, 0.6) is 0 Å². The average molecular weight is 2090 g/mol. The Morgan fingerprint density at radius 1 is 0.240 bits per heavy atom. The molecule has 150 heavy (non-hydrogen) atoms. The molecule has 0 radical (unpaired) electrons. The van der Waals surface area contributed by atoms with Crippen molar-refractivity contribution in [2.45, 2.75) is 62.8 Å².